The molecule has 29 heavy (non-hydrogen) atoms. The molecule has 1 amide bonds. The van der Waals surface area contributed by atoms with Crippen LogP contribution >= 0.6 is 0 Å². The third-order valence-electron chi connectivity index (χ3n) is 5.23. The highest BCUT2D eigenvalue weighted by atomic mass is 16.5. The molecule has 1 aliphatic rings. The van der Waals surface area contributed by atoms with Crippen molar-refractivity contribution in [1.82, 2.24) is 25.0 Å². The Hall–Kier alpha value is -2.61. The second kappa shape index (κ2) is 9.73. The highest BCUT2D eigenvalue weighted by molar-refractivity contribution is 5.95. The number of nitrogens with one attached hydrogen (secondary N) is 1. The minimum Gasteiger partial charge on any atom is -0.493 e. The number of carbonyl (C=O) groups is 1. The first-order valence-electron chi connectivity index (χ1n) is 10.2. The zero-order valence-electron chi connectivity index (χ0n) is 17.7. The number of hydrogen-bond donors (Lipinski definition) is 1. The second-order valence-corrected chi connectivity index (χ2v) is 7.80. The third-order valence-corrected chi connectivity index (χ3v) is 5.23. The van der Waals surface area contributed by atoms with Gasteiger partial charge in [0.25, 0.3) is 5.91 Å². The largest absolute Gasteiger partial charge is 0.493 e. The summed E-state index contributed by atoms with van der Waals surface area (Å²) in [6, 6.07) is 5.78. The highest BCUT2D eigenvalue weighted by Gasteiger charge is 2.23. The molecule has 1 atom stereocenters. The topological polar surface area (TPSA) is 81.5 Å². The summed E-state index contributed by atoms with van der Waals surface area (Å²) < 4.78 is 13.4. The molecule has 8 heteroatoms. The number of carbonyl (C=O) groups excluding carboxylic acids is 1. The average Bonchev–Trinajstić information content (AvgIpc) is 3.21. The molecular formula is C21H31N5O3. The summed E-state index contributed by atoms with van der Waals surface area (Å²) >= 11 is 0. The van der Waals surface area contributed by atoms with E-state index in [-0.39, 0.29) is 18.1 Å². The van der Waals surface area contributed by atoms with Crippen molar-refractivity contribution < 1.29 is 14.3 Å². The van der Waals surface area contributed by atoms with E-state index < -0.39 is 0 Å². The molecule has 1 aliphatic heterocycles. The Labute approximate surface area is 172 Å². The van der Waals surface area contributed by atoms with Crippen LogP contribution in [0.1, 0.15) is 44.0 Å². The number of aromatic nitrogens is 3. The molecule has 0 spiro atoms. The van der Waals surface area contributed by atoms with Gasteiger partial charge in [-0.25, -0.2) is 4.98 Å². The van der Waals surface area contributed by atoms with Crippen LogP contribution in [0.4, 0.5) is 0 Å². The van der Waals surface area contributed by atoms with Crippen LogP contribution < -0.4 is 14.8 Å². The molecule has 158 valence electrons. The van der Waals surface area contributed by atoms with Gasteiger partial charge in [-0.2, -0.15) is 5.10 Å². The van der Waals surface area contributed by atoms with Crippen molar-refractivity contribution in [2.75, 3.05) is 20.2 Å². The Balaban J connectivity index is 1.62. The van der Waals surface area contributed by atoms with Crippen molar-refractivity contribution in [2.24, 2.45) is 0 Å². The number of amides is 1. The van der Waals surface area contributed by atoms with Crippen molar-refractivity contribution in [3.05, 3.63) is 36.4 Å². The van der Waals surface area contributed by atoms with E-state index in [9.17, 15) is 4.79 Å². The quantitative estimate of drug-likeness (QED) is 0.731. The summed E-state index contributed by atoms with van der Waals surface area (Å²) in [4.78, 5) is 19.1. The third kappa shape index (κ3) is 5.69. The monoisotopic (exact) mass is 401 g/mol. The Bertz CT molecular complexity index is 786. The molecule has 2 aromatic rings. The van der Waals surface area contributed by atoms with E-state index in [1.165, 1.54) is 6.33 Å². The van der Waals surface area contributed by atoms with E-state index in [2.05, 4.69) is 34.1 Å². The van der Waals surface area contributed by atoms with E-state index in [0.717, 1.165) is 25.9 Å². The zero-order valence-corrected chi connectivity index (χ0v) is 17.7. The van der Waals surface area contributed by atoms with Crippen molar-refractivity contribution in [1.29, 1.82) is 0 Å². The van der Waals surface area contributed by atoms with Crippen molar-refractivity contribution in [3.63, 3.8) is 0 Å². The number of likely N-dealkylation sites (tertiary alicyclic amines) is 1. The van der Waals surface area contributed by atoms with E-state index >= 15 is 0 Å². The lowest BCUT2D eigenvalue weighted by Gasteiger charge is -2.34. The van der Waals surface area contributed by atoms with Crippen LogP contribution in [0.5, 0.6) is 11.5 Å². The van der Waals surface area contributed by atoms with Crippen LogP contribution in [-0.2, 0) is 6.54 Å². The van der Waals surface area contributed by atoms with Gasteiger partial charge in [-0.05, 0) is 51.8 Å². The van der Waals surface area contributed by atoms with Crippen molar-refractivity contribution >= 4 is 5.91 Å². The second-order valence-electron chi connectivity index (χ2n) is 7.80. The van der Waals surface area contributed by atoms with Crippen LogP contribution in [0.2, 0.25) is 0 Å². The number of methoxy groups -OCH3 is 1. The Morgan fingerprint density at radius 1 is 1.24 bits per heavy atom. The normalized spacial score (nSPS) is 16.6. The average molecular weight is 402 g/mol. The Morgan fingerprint density at radius 3 is 2.62 bits per heavy atom. The minimum atomic E-state index is -0.153. The van der Waals surface area contributed by atoms with E-state index in [1.54, 1.807) is 36.3 Å². The summed E-state index contributed by atoms with van der Waals surface area (Å²) in [5, 5.41) is 7.06. The summed E-state index contributed by atoms with van der Waals surface area (Å²) in [6.07, 6.45) is 5.17. The van der Waals surface area contributed by atoms with Gasteiger partial charge >= 0.3 is 0 Å². The van der Waals surface area contributed by atoms with Crippen LogP contribution in [0.25, 0.3) is 0 Å². The molecule has 1 aromatic carbocycles. The fourth-order valence-electron chi connectivity index (χ4n) is 3.56. The van der Waals surface area contributed by atoms with Gasteiger partial charge in [-0.3, -0.25) is 9.48 Å². The van der Waals surface area contributed by atoms with Crippen LogP contribution in [-0.4, -0.2) is 64.0 Å². The predicted molar refractivity (Wildman–Crippen MR) is 110 cm³/mol. The van der Waals surface area contributed by atoms with E-state index in [4.69, 9.17) is 9.47 Å². The van der Waals surface area contributed by atoms with Gasteiger partial charge in [0.1, 0.15) is 18.8 Å². The number of rotatable bonds is 8. The van der Waals surface area contributed by atoms with Gasteiger partial charge in [0.15, 0.2) is 11.5 Å². The lowest BCUT2D eigenvalue weighted by molar-refractivity contribution is 0.0818. The van der Waals surface area contributed by atoms with Gasteiger partial charge in [-0.15, -0.1) is 0 Å². The smallest absolute Gasteiger partial charge is 0.251 e. The summed E-state index contributed by atoms with van der Waals surface area (Å²) in [6.45, 7) is 8.96. The maximum Gasteiger partial charge on any atom is 0.251 e. The van der Waals surface area contributed by atoms with Crippen molar-refractivity contribution in [2.45, 2.75) is 58.3 Å². The fraction of sp³-hybridized carbons (Fsp3) is 0.571. The number of nitrogens with zero attached hydrogens (tertiary/aromatic N) is 4. The van der Waals surface area contributed by atoms with E-state index in [1.807, 2.05) is 6.92 Å². The molecule has 0 bridgehead atoms. The van der Waals surface area contributed by atoms with Crippen LogP contribution in [0, 0.1) is 0 Å². The molecule has 1 N–H and O–H groups in total. The molecule has 8 nitrogen and oxygen atoms in total. The molecule has 0 saturated carbocycles. The maximum absolute atomic E-state index is 12.7. The lowest BCUT2D eigenvalue weighted by atomic mass is 10.1. The Morgan fingerprint density at radius 2 is 2.00 bits per heavy atom. The number of benzene rings is 1. The maximum atomic E-state index is 12.7. The van der Waals surface area contributed by atoms with Crippen molar-refractivity contribution in [3.8, 4) is 11.5 Å². The lowest BCUT2D eigenvalue weighted by Crippen LogP contribution is -2.41. The molecule has 1 fully saturated rings. The first kappa shape index (κ1) is 21.1. The number of hydrogen-bond acceptors (Lipinski definition) is 6. The number of piperidine rings is 1. The Kier molecular flexibility index (Phi) is 7.09. The zero-order chi connectivity index (χ0) is 20.8. The SMILES string of the molecule is COc1ccc(C(=O)NC(C)Cn2cncn2)cc1OC1CCN(C(C)C)CC1. The molecule has 1 saturated heterocycles. The van der Waals surface area contributed by atoms with Crippen LogP contribution in [0.3, 0.4) is 0 Å². The summed E-state index contributed by atoms with van der Waals surface area (Å²) in [5.74, 6) is 1.11. The van der Waals surface area contributed by atoms with Gasteiger partial charge in [0.2, 0.25) is 0 Å². The molecular weight excluding hydrogens is 370 g/mol. The molecule has 3 rings (SSSR count). The molecule has 0 radical (unpaired) electrons. The predicted octanol–water partition coefficient (Wildman–Crippen LogP) is 2.36. The highest BCUT2D eigenvalue weighted by Crippen LogP contribution is 2.31. The molecule has 1 aromatic heterocycles. The van der Waals surface area contributed by atoms with Gasteiger partial charge < -0.3 is 19.7 Å². The van der Waals surface area contributed by atoms with Gasteiger partial charge in [0.05, 0.1) is 13.7 Å². The summed E-state index contributed by atoms with van der Waals surface area (Å²) in [5.41, 5.74) is 0.547. The first-order valence-corrected chi connectivity index (χ1v) is 10.2. The van der Waals surface area contributed by atoms with Crippen LogP contribution in [0.15, 0.2) is 30.9 Å². The van der Waals surface area contributed by atoms with E-state index in [0.29, 0.717) is 29.6 Å². The standard InChI is InChI=1S/C21H31N5O3/c1-15(2)25-9-7-18(8-10-25)29-20-11-17(5-6-19(20)28-4)21(27)24-16(3)12-26-14-22-13-23-26/h5-6,11,13-16,18H,7-10,12H2,1-4H3,(H,24,27). The minimum absolute atomic E-state index is 0.0870. The molecule has 1 unspecified atom stereocenters. The molecule has 0 aliphatic carbocycles. The summed E-state index contributed by atoms with van der Waals surface area (Å²) in [7, 11) is 1.61. The van der Waals surface area contributed by atoms with Gasteiger partial charge in [-0.1, -0.05) is 0 Å². The van der Waals surface area contributed by atoms with Gasteiger partial charge in [0, 0.05) is 30.7 Å². The fourth-order valence-corrected chi connectivity index (χ4v) is 3.56. The first-order chi connectivity index (χ1) is 14.0. The number of ether oxygens (including phenoxy) is 2. The molecule has 2 heterocycles.